The molecule has 0 fully saturated rings. The van der Waals surface area contributed by atoms with Crippen LogP contribution in [0.5, 0.6) is 0 Å². The van der Waals surface area contributed by atoms with Crippen molar-refractivity contribution in [2.75, 3.05) is 11.9 Å². The molecule has 27 heavy (non-hydrogen) atoms. The topological polar surface area (TPSA) is 85.2 Å². The average Bonchev–Trinajstić information content (AvgIpc) is 3.13. The third-order valence-electron chi connectivity index (χ3n) is 4.10. The Morgan fingerprint density at radius 2 is 2.15 bits per heavy atom. The van der Waals surface area contributed by atoms with Gasteiger partial charge in [0.05, 0.1) is 17.2 Å². The predicted molar refractivity (Wildman–Crippen MR) is 109 cm³/mol. The molecule has 0 aromatic carbocycles. The highest BCUT2D eigenvalue weighted by Gasteiger charge is 2.27. The van der Waals surface area contributed by atoms with Gasteiger partial charge in [-0.15, -0.1) is 11.3 Å². The van der Waals surface area contributed by atoms with Gasteiger partial charge in [0, 0.05) is 18.1 Å². The zero-order valence-electron chi connectivity index (χ0n) is 14.9. The van der Waals surface area contributed by atoms with Crippen molar-refractivity contribution < 1.29 is 14.3 Å². The van der Waals surface area contributed by atoms with Crippen molar-refractivity contribution in [1.82, 2.24) is 15.1 Å². The van der Waals surface area contributed by atoms with E-state index >= 15 is 0 Å². The first-order valence-corrected chi connectivity index (χ1v) is 10.1. The standard InChI is InChI=1S/C17H19ClN4O3S2/c1-3-25-16(24)12-9-6-4-5-7-11(9)27-15(12)20-17(26)19-14(23)13-10(18)8-22(2)21-13/h8H,3-7H2,1-2H3,(H2,19,20,23,26). The number of aryl methyl sites for hydroxylation is 2. The Labute approximate surface area is 171 Å². The summed E-state index contributed by atoms with van der Waals surface area (Å²) in [5.74, 6) is -0.890. The number of anilines is 1. The van der Waals surface area contributed by atoms with E-state index in [0.717, 1.165) is 36.1 Å². The minimum atomic E-state index is -0.517. The monoisotopic (exact) mass is 426 g/mol. The third kappa shape index (κ3) is 4.31. The Balaban J connectivity index is 1.79. The number of rotatable bonds is 4. The lowest BCUT2D eigenvalue weighted by atomic mass is 9.95. The molecular formula is C17H19ClN4O3S2. The van der Waals surface area contributed by atoms with Crippen molar-refractivity contribution >= 4 is 57.1 Å². The first-order chi connectivity index (χ1) is 12.9. The largest absolute Gasteiger partial charge is 0.462 e. The summed E-state index contributed by atoms with van der Waals surface area (Å²) in [6.07, 6.45) is 5.42. The van der Waals surface area contributed by atoms with Crippen LogP contribution < -0.4 is 10.6 Å². The fraction of sp³-hybridized carbons (Fsp3) is 0.412. The van der Waals surface area contributed by atoms with Crippen LogP contribution in [-0.4, -0.2) is 33.4 Å². The normalized spacial score (nSPS) is 13.0. The van der Waals surface area contributed by atoms with Crippen LogP contribution in [0.4, 0.5) is 5.00 Å². The van der Waals surface area contributed by atoms with E-state index in [4.69, 9.17) is 28.6 Å². The van der Waals surface area contributed by atoms with E-state index in [2.05, 4.69) is 15.7 Å². The van der Waals surface area contributed by atoms with Gasteiger partial charge in [-0.2, -0.15) is 5.10 Å². The van der Waals surface area contributed by atoms with Gasteiger partial charge < -0.3 is 10.1 Å². The number of carbonyl (C=O) groups excluding carboxylic acids is 2. The smallest absolute Gasteiger partial charge is 0.341 e. The first kappa shape index (κ1) is 19.8. The second-order valence-corrected chi connectivity index (χ2v) is 7.96. The van der Waals surface area contributed by atoms with Gasteiger partial charge >= 0.3 is 5.97 Å². The molecule has 7 nitrogen and oxygen atoms in total. The molecule has 0 saturated heterocycles. The van der Waals surface area contributed by atoms with E-state index in [9.17, 15) is 9.59 Å². The van der Waals surface area contributed by atoms with Crippen LogP contribution in [0.3, 0.4) is 0 Å². The quantitative estimate of drug-likeness (QED) is 0.576. The van der Waals surface area contributed by atoms with Gasteiger partial charge in [0.25, 0.3) is 5.91 Å². The molecule has 0 atom stereocenters. The van der Waals surface area contributed by atoms with Gasteiger partial charge in [-0.1, -0.05) is 11.6 Å². The second kappa shape index (κ2) is 8.37. The molecule has 0 radical (unpaired) electrons. The number of nitrogens with one attached hydrogen (secondary N) is 2. The molecule has 0 bridgehead atoms. The van der Waals surface area contributed by atoms with Gasteiger partial charge in [0.15, 0.2) is 10.8 Å². The molecule has 10 heteroatoms. The number of aromatic nitrogens is 2. The molecule has 0 saturated carbocycles. The van der Waals surface area contributed by atoms with Crippen molar-refractivity contribution in [2.24, 2.45) is 7.05 Å². The van der Waals surface area contributed by atoms with Crippen molar-refractivity contribution in [3.8, 4) is 0 Å². The number of halogens is 1. The molecule has 1 aliphatic rings. The van der Waals surface area contributed by atoms with Gasteiger partial charge in [-0.05, 0) is 50.4 Å². The summed E-state index contributed by atoms with van der Waals surface area (Å²) >= 11 is 12.7. The maximum absolute atomic E-state index is 12.5. The van der Waals surface area contributed by atoms with E-state index in [1.807, 2.05) is 0 Å². The van der Waals surface area contributed by atoms with E-state index in [0.29, 0.717) is 17.2 Å². The van der Waals surface area contributed by atoms with Gasteiger partial charge in [-0.25, -0.2) is 4.79 Å². The number of thiocarbonyl (C=S) groups is 1. The van der Waals surface area contributed by atoms with Crippen LogP contribution in [-0.2, 0) is 24.6 Å². The maximum atomic E-state index is 12.5. The lowest BCUT2D eigenvalue weighted by molar-refractivity contribution is 0.0526. The molecule has 0 spiro atoms. The van der Waals surface area contributed by atoms with Crippen molar-refractivity contribution in [1.29, 1.82) is 0 Å². The number of amides is 1. The van der Waals surface area contributed by atoms with Gasteiger partial charge in [0.2, 0.25) is 0 Å². The molecule has 2 aromatic rings. The highest BCUT2D eigenvalue weighted by atomic mass is 35.5. The summed E-state index contributed by atoms with van der Waals surface area (Å²) < 4.78 is 6.65. The Bertz CT molecular complexity index is 906. The fourth-order valence-electron chi connectivity index (χ4n) is 2.98. The predicted octanol–water partition coefficient (Wildman–Crippen LogP) is 3.32. The van der Waals surface area contributed by atoms with E-state index in [-0.39, 0.29) is 21.8 Å². The van der Waals surface area contributed by atoms with Crippen molar-refractivity contribution in [3.63, 3.8) is 0 Å². The number of hydrogen-bond acceptors (Lipinski definition) is 6. The highest BCUT2D eigenvalue weighted by Crippen LogP contribution is 2.38. The number of ether oxygens (including phenoxy) is 1. The molecule has 2 N–H and O–H groups in total. The van der Waals surface area contributed by atoms with E-state index < -0.39 is 5.91 Å². The number of fused-ring (bicyclic) bond motifs is 1. The molecule has 0 unspecified atom stereocenters. The van der Waals surface area contributed by atoms with E-state index in [1.54, 1.807) is 14.0 Å². The highest BCUT2D eigenvalue weighted by molar-refractivity contribution is 7.80. The summed E-state index contributed by atoms with van der Waals surface area (Å²) in [5.41, 5.74) is 1.62. The van der Waals surface area contributed by atoms with Crippen LogP contribution in [0.25, 0.3) is 0 Å². The molecule has 0 aliphatic heterocycles. The van der Waals surface area contributed by atoms with Crippen LogP contribution in [0.2, 0.25) is 5.02 Å². The summed E-state index contributed by atoms with van der Waals surface area (Å²) in [4.78, 5) is 25.9. The summed E-state index contributed by atoms with van der Waals surface area (Å²) in [6.45, 7) is 2.06. The number of nitrogens with zero attached hydrogens (tertiary/aromatic N) is 2. The summed E-state index contributed by atoms with van der Waals surface area (Å²) in [7, 11) is 1.67. The zero-order valence-corrected chi connectivity index (χ0v) is 17.3. The van der Waals surface area contributed by atoms with Gasteiger partial charge in [-0.3, -0.25) is 14.8 Å². The Morgan fingerprint density at radius 1 is 1.41 bits per heavy atom. The van der Waals surface area contributed by atoms with Crippen LogP contribution in [0.1, 0.15) is 51.1 Å². The number of carbonyl (C=O) groups is 2. The van der Waals surface area contributed by atoms with Crippen LogP contribution in [0.15, 0.2) is 6.20 Å². The van der Waals surface area contributed by atoms with Crippen LogP contribution in [0, 0.1) is 0 Å². The lowest BCUT2D eigenvalue weighted by Crippen LogP contribution is -2.34. The Morgan fingerprint density at radius 3 is 2.81 bits per heavy atom. The number of thiophene rings is 1. The minimum Gasteiger partial charge on any atom is -0.462 e. The average molecular weight is 427 g/mol. The van der Waals surface area contributed by atoms with E-state index in [1.165, 1.54) is 22.2 Å². The zero-order chi connectivity index (χ0) is 19.6. The summed E-state index contributed by atoms with van der Waals surface area (Å²) in [6, 6.07) is 0. The van der Waals surface area contributed by atoms with Crippen LogP contribution >= 0.6 is 35.2 Å². The number of hydrogen-bond donors (Lipinski definition) is 2. The molecular weight excluding hydrogens is 408 g/mol. The summed E-state index contributed by atoms with van der Waals surface area (Å²) in [5, 5.41) is 10.4. The molecule has 1 aliphatic carbocycles. The molecule has 144 valence electrons. The SMILES string of the molecule is CCOC(=O)c1c(NC(=S)NC(=O)c2nn(C)cc2Cl)sc2c1CCCC2. The fourth-order valence-corrected chi connectivity index (χ4v) is 4.79. The maximum Gasteiger partial charge on any atom is 0.341 e. The molecule has 2 heterocycles. The van der Waals surface area contributed by atoms with Gasteiger partial charge in [0.1, 0.15) is 5.00 Å². The minimum absolute atomic E-state index is 0.0749. The molecule has 1 amide bonds. The lowest BCUT2D eigenvalue weighted by Gasteiger charge is -2.12. The van der Waals surface area contributed by atoms with Crippen molar-refractivity contribution in [2.45, 2.75) is 32.6 Å². The van der Waals surface area contributed by atoms with Crippen molar-refractivity contribution in [3.05, 3.63) is 32.9 Å². The first-order valence-electron chi connectivity index (χ1n) is 8.53. The molecule has 3 rings (SSSR count). The third-order valence-corrected chi connectivity index (χ3v) is 5.79. The Kier molecular flexibility index (Phi) is 6.13. The number of esters is 1. The Hall–Kier alpha value is -1.97. The second-order valence-electron chi connectivity index (χ2n) is 6.04. The molecule has 2 aromatic heterocycles.